The van der Waals surface area contributed by atoms with Gasteiger partial charge < -0.3 is 14.6 Å². The molecule has 4 nitrogen and oxygen atoms in total. The van der Waals surface area contributed by atoms with Crippen LogP contribution in [0.4, 0.5) is 0 Å². The lowest BCUT2D eigenvalue weighted by Crippen LogP contribution is -2.33. The van der Waals surface area contributed by atoms with Crippen LogP contribution in [-0.2, 0) is 14.3 Å². The Morgan fingerprint density at radius 2 is 2.42 bits per heavy atom. The Morgan fingerprint density at radius 3 is 2.75 bits per heavy atom. The van der Waals surface area contributed by atoms with E-state index in [0.29, 0.717) is 5.57 Å². The zero-order valence-electron chi connectivity index (χ0n) is 6.96. The Hall–Kier alpha value is -1.29. The molecule has 1 atom stereocenters. The number of aliphatic hydroxyl groups is 1. The van der Waals surface area contributed by atoms with E-state index in [1.165, 1.54) is 7.11 Å². The van der Waals surface area contributed by atoms with Gasteiger partial charge in [0.15, 0.2) is 5.76 Å². The third kappa shape index (κ3) is 1.10. The number of carbonyl (C=O) groups is 1. The van der Waals surface area contributed by atoms with Crippen molar-refractivity contribution in [2.75, 3.05) is 7.11 Å². The van der Waals surface area contributed by atoms with Gasteiger partial charge in [-0.25, -0.2) is 4.79 Å². The maximum absolute atomic E-state index is 10.8. The molecule has 0 aromatic carbocycles. The summed E-state index contributed by atoms with van der Waals surface area (Å²) >= 11 is 0. The highest BCUT2D eigenvalue weighted by Crippen LogP contribution is 2.31. The van der Waals surface area contributed by atoms with Crippen molar-refractivity contribution in [2.45, 2.75) is 12.7 Å². The quantitative estimate of drug-likeness (QED) is 0.479. The molecular weight excluding hydrogens is 160 g/mol. The first-order chi connectivity index (χ1) is 5.50. The molecular formula is C8H10O4. The molecule has 1 aliphatic rings. The van der Waals surface area contributed by atoms with Gasteiger partial charge in [-0.05, 0) is 12.5 Å². The minimum atomic E-state index is -1.77. The van der Waals surface area contributed by atoms with Gasteiger partial charge in [0, 0.05) is 0 Å². The number of hydrogen-bond acceptors (Lipinski definition) is 4. The van der Waals surface area contributed by atoms with E-state index in [9.17, 15) is 9.90 Å². The number of carbonyl (C=O) groups excluding carboxylic acids is 1. The summed E-state index contributed by atoms with van der Waals surface area (Å²) in [7, 11) is 1.35. The Labute approximate surface area is 70.1 Å². The molecule has 0 aromatic rings. The predicted molar refractivity (Wildman–Crippen MR) is 40.9 cm³/mol. The maximum Gasteiger partial charge on any atom is 0.337 e. The second-order valence-corrected chi connectivity index (χ2v) is 2.56. The number of methoxy groups -OCH3 is 1. The molecule has 1 aliphatic heterocycles. The highest BCUT2D eigenvalue weighted by molar-refractivity contribution is 5.86. The van der Waals surface area contributed by atoms with Crippen molar-refractivity contribution in [3.8, 4) is 0 Å². The average Bonchev–Trinajstić information content (AvgIpc) is 2.27. The number of esters is 1. The highest BCUT2D eigenvalue weighted by atomic mass is 16.7. The molecule has 1 heterocycles. The van der Waals surface area contributed by atoms with Crippen LogP contribution in [0.25, 0.3) is 0 Å². The maximum atomic E-state index is 10.8. The van der Waals surface area contributed by atoms with Crippen LogP contribution in [-0.4, -0.2) is 24.0 Å². The van der Waals surface area contributed by atoms with Gasteiger partial charge in [-0.3, -0.25) is 0 Å². The second-order valence-electron chi connectivity index (χ2n) is 2.56. The van der Waals surface area contributed by atoms with E-state index >= 15 is 0 Å². The summed E-state index contributed by atoms with van der Waals surface area (Å²) in [5.74, 6) is -2.33. The summed E-state index contributed by atoms with van der Waals surface area (Å²) in [6, 6.07) is 0. The van der Waals surface area contributed by atoms with Crippen LogP contribution in [0.15, 0.2) is 24.0 Å². The summed E-state index contributed by atoms with van der Waals surface area (Å²) < 4.78 is 9.38. The minimum absolute atomic E-state index is 0.0694. The van der Waals surface area contributed by atoms with E-state index in [0.717, 1.165) is 6.08 Å². The molecule has 0 saturated heterocycles. The van der Waals surface area contributed by atoms with Crippen LogP contribution in [0.2, 0.25) is 0 Å². The van der Waals surface area contributed by atoms with Crippen molar-refractivity contribution >= 4 is 5.97 Å². The number of hydrogen-bond donors (Lipinski definition) is 1. The Morgan fingerprint density at radius 1 is 1.83 bits per heavy atom. The van der Waals surface area contributed by atoms with Crippen molar-refractivity contribution in [3.05, 3.63) is 24.0 Å². The first-order valence-electron chi connectivity index (χ1n) is 3.38. The van der Waals surface area contributed by atoms with Crippen LogP contribution in [0, 0.1) is 0 Å². The largest absolute Gasteiger partial charge is 0.494 e. The Bertz CT molecular complexity index is 266. The lowest BCUT2D eigenvalue weighted by atomic mass is 10.1. The lowest BCUT2D eigenvalue weighted by Gasteiger charge is -2.23. The molecule has 0 radical (unpaired) electrons. The van der Waals surface area contributed by atoms with Crippen molar-refractivity contribution < 1.29 is 19.4 Å². The van der Waals surface area contributed by atoms with E-state index in [-0.39, 0.29) is 5.76 Å². The van der Waals surface area contributed by atoms with Crippen LogP contribution in [0.3, 0.4) is 0 Å². The van der Waals surface area contributed by atoms with E-state index in [4.69, 9.17) is 4.74 Å². The summed E-state index contributed by atoms with van der Waals surface area (Å²) in [4.78, 5) is 10.8. The number of ether oxygens (including phenoxy) is 2. The monoisotopic (exact) mass is 170 g/mol. The topological polar surface area (TPSA) is 55.8 Å². The smallest absolute Gasteiger partial charge is 0.337 e. The summed E-state index contributed by atoms with van der Waals surface area (Å²) in [6.45, 7) is 5.04. The Kier molecular flexibility index (Phi) is 1.94. The summed E-state index contributed by atoms with van der Waals surface area (Å²) in [5.41, 5.74) is 0.307. The zero-order chi connectivity index (χ0) is 9.35. The number of cyclic esters (lactones) is 1. The molecule has 0 aliphatic carbocycles. The third-order valence-corrected chi connectivity index (χ3v) is 1.63. The first-order valence-corrected chi connectivity index (χ1v) is 3.38. The molecule has 0 bridgehead atoms. The first kappa shape index (κ1) is 8.80. The van der Waals surface area contributed by atoms with Crippen molar-refractivity contribution in [1.29, 1.82) is 0 Å². The fraction of sp³-hybridized carbons (Fsp3) is 0.375. The molecule has 0 unspecified atom stereocenters. The molecule has 1 rings (SSSR count). The van der Waals surface area contributed by atoms with Gasteiger partial charge >= 0.3 is 5.97 Å². The minimum Gasteiger partial charge on any atom is -0.494 e. The van der Waals surface area contributed by atoms with Crippen molar-refractivity contribution in [3.63, 3.8) is 0 Å². The summed E-state index contributed by atoms with van der Waals surface area (Å²) in [5, 5.41) is 9.66. The van der Waals surface area contributed by atoms with Gasteiger partial charge in [0.1, 0.15) is 0 Å². The van der Waals surface area contributed by atoms with Crippen LogP contribution < -0.4 is 0 Å². The lowest BCUT2D eigenvalue weighted by molar-refractivity contribution is -0.176. The molecule has 0 saturated carbocycles. The molecule has 0 fully saturated rings. The normalized spacial score (nSPS) is 27.9. The fourth-order valence-electron chi connectivity index (χ4n) is 0.925. The van der Waals surface area contributed by atoms with E-state index < -0.39 is 11.8 Å². The predicted octanol–water partition coefficient (Wildman–Crippen LogP) is 0.338. The van der Waals surface area contributed by atoms with Crippen LogP contribution >= 0.6 is 0 Å². The van der Waals surface area contributed by atoms with Gasteiger partial charge in [0.05, 0.1) is 13.2 Å². The van der Waals surface area contributed by atoms with Gasteiger partial charge in [-0.15, -0.1) is 0 Å². The van der Waals surface area contributed by atoms with E-state index in [1.54, 1.807) is 6.92 Å². The Balaban J connectivity index is 3.02. The van der Waals surface area contributed by atoms with E-state index in [1.807, 2.05) is 0 Å². The van der Waals surface area contributed by atoms with Gasteiger partial charge in [0.2, 0.25) is 0 Å². The molecule has 0 amide bonds. The molecule has 0 spiro atoms. The SMILES string of the molecule is C=C(C)[C@@]1(O)OC(=O)C=C1OC. The third-order valence-electron chi connectivity index (χ3n) is 1.63. The fourth-order valence-corrected chi connectivity index (χ4v) is 0.925. The number of rotatable bonds is 2. The van der Waals surface area contributed by atoms with E-state index in [2.05, 4.69) is 11.3 Å². The molecule has 4 heteroatoms. The average molecular weight is 170 g/mol. The van der Waals surface area contributed by atoms with Crippen molar-refractivity contribution in [2.24, 2.45) is 0 Å². The standard InChI is InChI=1S/C8H10O4/c1-5(2)8(10)6(11-3)4-7(9)12-8/h4,10H,1H2,2-3H3/t8-/m1/s1. The molecule has 66 valence electrons. The molecule has 0 aromatic heterocycles. The van der Waals surface area contributed by atoms with Crippen LogP contribution in [0.5, 0.6) is 0 Å². The highest BCUT2D eigenvalue weighted by Gasteiger charge is 2.43. The van der Waals surface area contributed by atoms with Gasteiger partial charge in [-0.1, -0.05) is 6.58 Å². The summed E-state index contributed by atoms with van der Waals surface area (Å²) in [6.07, 6.45) is 1.09. The van der Waals surface area contributed by atoms with Gasteiger partial charge in [0.25, 0.3) is 5.79 Å². The molecule has 12 heavy (non-hydrogen) atoms. The van der Waals surface area contributed by atoms with Crippen LogP contribution in [0.1, 0.15) is 6.92 Å². The van der Waals surface area contributed by atoms with Crippen molar-refractivity contribution in [1.82, 2.24) is 0 Å². The van der Waals surface area contributed by atoms with Gasteiger partial charge in [-0.2, -0.15) is 0 Å². The zero-order valence-corrected chi connectivity index (χ0v) is 6.96. The molecule has 1 N–H and O–H groups in total. The second kappa shape index (κ2) is 2.64.